The van der Waals surface area contributed by atoms with E-state index in [-0.39, 0.29) is 29.0 Å². The van der Waals surface area contributed by atoms with Crippen molar-refractivity contribution in [2.75, 3.05) is 5.73 Å². The van der Waals surface area contributed by atoms with Crippen molar-refractivity contribution < 1.29 is 18.3 Å². The monoisotopic (exact) mass is 514 g/mol. The third-order valence-corrected chi connectivity index (χ3v) is 11.8. The zero-order chi connectivity index (χ0) is 26.9. The number of nitrogens with two attached hydrogens (primary N) is 1. The van der Waals surface area contributed by atoms with E-state index in [1.807, 2.05) is 56.0 Å². The van der Waals surface area contributed by atoms with Crippen molar-refractivity contribution in [3.05, 3.63) is 65.5 Å². The Morgan fingerprint density at radius 1 is 1.08 bits per heavy atom. The predicted molar refractivity (Wildman–Crippen MR) is 147 cm³/mol. The van der Waals surface area contributed by atoms with Gasteiger partial charge in [-0.1, -0.05) is 45.0 Å². The molecule has 3 rings (SSSR count). The molecule has 0 radical (unpaired) electrons. The lowest BCUT2D eigenvalue weighted by atomic mass is 10.0. The van der Waals surface area contributed by atoms with Crippen LogP contribution in [0.5, 0.6) is 0 Å². The maximum absolute atomic E-state index is 14.4. The summed E-state index contributed by atoms with van der Waals surface area (Å²) in [6, 6.07) is 14.0. The van der Waals surface area contributed by atoms with Gasteiger partial charge in [-0.3, -0.25) is 4.90 Å². The van der Waals surface area contributed by atoms with Crippen LogP contribution in [0.3, 0.4) is 0 Å². The van der Waals surface area contributed by atoms with E-state index in [4.69, 9.17) is 14.9 Å². The standard InChI is InChI=1S/C29H43FN2O3Si/c1-28(2,3)34-27(33)32-24(18-20-12-14-23(31)15-13-20)16-17-25(32)26(21-10-9-11-22(30)19-21)35-36(7,8)29(4,5)6/h9-15,19,24-26H,16-18,31H2,1-8H3/t24?,25-,26-/m1/s1. The molecule has 0 saturated carbocycles. The molecule has 0 spiro atoms. The van der Waals surface area contributed by atoms with Crippen LogP contribution in [-0.2, 0) is 15.6 Å². The summed E-state index contributed by atoms with van der Waals surface area (Å²) >= 11 is 0. The zero-order valence-corrected chi connectivity index (χ0v) is 24.1. The molecule has 0 aliphatic carbocycles. The highest BCUT2D eigenvalue weighted by molar-refractivity contribution is 6.74. The van der Waals surface area contributed by atoms with E-state index >= 15 is 0 Å². The van der Waals surface area contributed by atoms with E-state index in [2.05, 4.69) is 33.9 Å². The van der Waals surface area contributed by atoms with Crippen molar-refractivity contribution in [1.29, 1.82) is 0 Å². The molecule has 1 heterocycles. The quantitative estimate of drug-likeness (QED) is 0.320. The summed E-state index contributed by atoms with van der Waals surface area (Å²) in [5, 5.41) is -0.0443. The minimum atomic E-state index is -2.26. The summed E-state index contributed by atoms with van der Waals surface area (Å²) in [5.74, 6) is -0.309. The fraction of sp³-hybridized carbons (Fsp3) is 0.552. The number of likely N-dealkylation sites (tertiary alicyclic amines) is 1. The molecule has 2 aromatic carbocycles. The average molecular weight is 515 g/mol. The Morgan fingerprint density at radius 2 is 1.72 bits per heavy atom. The number of ether oxygens (including phenoxy) is 1. The molecule has 198 valence electrons. The van der Waals surface area contributed by atoms with Gasteiger partial charge in [0.05, 0.1) is 12.1 Å². The Morgan fingerprint density at radius 3 is 2.28 bits per heavy atom. The molecule has 2 N–H and O–H groups in total. The largest absolute Gasteiger partial charge is 0.444 e. The summed E-state index contributed by atoms with van der Waals surface area (Å²) in [7, 11) is -2.26. The van der Waals surface area contributed by atoms with Crippen LogP contribution in [0, 0.1) is 5.82 Å². The summed E-state index contributed by atoms with van der Waals surface area (Å²) < 4.78 is 27.2. The molecular weight excluding hydrogens is 471 g/mol. The van der Waals surface area contributed by atoms with Crippen molar-refractivity contribution in [3.8, 4) is 0 Å². The van der Waals surface area contributed by atoms with Crippen molar-refractivity contribution in [1.82, 2.24) is 4.90 Å². The number of hydrogen-bond donors (Lipinski definition) is 1. The maximum atomic E-state index is 14.4. The normalized spacial score (nSPS) is 19.9. The summed E-state index contributed by atoms with van der Waals surface area (Å²) in [6.45, 7) is 16.6. The molecule has 1 unspecified atom stereocenters. The predicted octanol–water partition coefficient (Wildman–Crippen LogP) is 7.48. The zero-order valence-electron chi connectivity index (χ0n) is 23.1. The number of anilines is 1. The van der Waals surface area contributed by atoms with Crippen LogP contribution in [0.1, 0.15) is 71.6 Å². The Balaban J connectivity index is 2.03. The van der Waals surface area contributed by atoms with Gasteiger partial charge in [0.2, 0.25) is 0 Å². The molecule has 0 aromatic heterocycles. The van der Waals surface area contributed by atoms with Crippen molar-refractivity contribution in [2.45, 2.75) is 103 Å². The molecule has 2 aromatic rings. The fourth-order valence-corrected chi connectivity index (χ4v) is 5.76. The number of nitrogen functional groups attached to an aromatic ring is 1. The van der Waals surface area contributed by atoms with Gasteiger partial charge in [-0.05, 0) is 93.6 Å². The van der Waals surface area contributed by atoms with Crippen LogP contribution >= 0.6 is 0 Å². The van der Waals surface area contributed by atoms with E-state index < -0.39 is 20.0 Å². The number of carbonyl (C=O) groups is 1. The highest BCUT2D eigenvalue weighted by Gasteiger charge is 2.47. The van der Waals surface area contributed by atoms with Gasteiger partial charge in [0.1, 0.15) is 11.4 Å². The lowest BCUT2D eigenvalue weighted by Crippen LogP contribution is -2.50. The second-order valence-electron chi connectivity index (χ2n) is 12.5. The maximum Gasteiger partial charge on any atom is 0.410 e. The molecule has 1 saturated heterocycles. The minimum Gasteiger partial charge on any atom is -0.444 e. The number of hydrogen-bond acceptors (Lipinski definition) is 4. The Bertz CT molecular complexity index is 1040. The Hall–Kier alpha value is -2.38. The van der Waals surface area contributed by atoms with E-state index in [0.717, 1.165) is 24.0 Å². The summed E-state index contributed by atoms with van der Waals surface area (Å²) in [4.78, 5) is 15.5. The second-order valence-corrected chi connectivity index (χ2v) is 17.2. The van der Waals surface area contributed by atoms with E-state index in [9.17, 15) is 9.18 Å². The number of amides is 1. The molecule has 5 nitrogen and oxygen atoms in total. The highest BCUT2D eigenvalue weighted by Crippen LogP contribution is 2.44. The van der Waals surface area contributed by atoms with E-state index in [1.54, 1.807) is 12.1 Å². The number of halogens is 1. The fourth-order valence-electron chi connectivity index (χ4n) is 4.48. The molecular formula is C29H43FN2O3Si. The summed E-state index contributed by atoms with van der Waals surface area (Å²) in [5.41, 5.74) is 7.82. The van der Waals surface area contributed by atoms with Crippen LogP contribution in [0.4, 0.5) is 14.9 Å². The molecule has 3 atom stereocenters. The first kappa shape index (κ1) is 28.2. The topological polar surface area (TPSA) is 64.8 Å². The van der Waals surface area contributed by atoms with Crippen molar-refractivity contribution in [2.24, 2.45) is 0 Å². The Labute approximate surface area is 217 Å². The average Bonchev–Trinajstić information content (AvgIpc) is 3.15. The lowest BCUT2D eigenvalue weighted by Gasteiger charge is -2.43. The molecule has 1 aliphatic rings. The van der Waals surface area contributed by atoms with Crippen LogP contribution in [0.2, 0.25) is 18.1 Å². The number of rotatable bonds is 6. The van der Waals surface area contributed by atoms with Gasteiger partial charge in [0, 0.05) is 11.7 Å². The van der Waals surface area contributed by atoms with Gasteiger partial charge in [0.15, 0.2) is 8.32 Å². The van der Waals surface area contributed by atoms with Crippen LogP contribution in [0.25, 0.3) is 0 Å². The third kappa shape index (κ3) is 6.88. The number of carbonyl (C=O) groups excluding carboxylic acids is 1. The highest BCUT2D eigenvalue weighted by atomic mass is 28.4. The SMILES string of the molecule is CC(C)(C)OC(=O)N1C(Cc2ccc(N)cc2)CC[C@@H]1[C@H](O[Si](C)(C)C(C)(C)C)c1cccc(F)c1. The van der Waals surface area contributed by atoms with Gasteiger partial charge in [-0.25, -0.2) is 9.18 Å². The van der Waals surface area contributed by atoms with Crippen molar-refractivity contribution in [3.63, 3.8) is 0 Å². The molecule has 1 amide bonds. The van der Waals surface area contributed by atoms with E-state index in [1.165, 1.54) is 6.07 Å². The van der Waals surface area contributed by atoms with Gasteiger partial charge < -0.3 is 14.9 Å². The van der Waals surface area contributed by atoms with E-state index in [0.29, 0.717) is 12.1 Å². The summed E-state index contributed by atoms with van der Waals surface area (Å²) in [6.07, 6.45) is 1.43. The smallest absolute Gasteiger partial charge is 0.410 e. The molecule has 7 heteroatoms. The van der Waals surface area contributed by atoms with Crippen LogP contribution < -0.4 is 5.73 Å². The van der Waals surface area contributed by atoms with Crippen LogP contribution in [0.15, 0.2) is 48.5 Å². The van der Waals surface area contributed by atoms with Crippen LogP contribution in [-0.4, -0.2) is 37.0 Å². The molecule has 0 bridgehead atoms. The van der Waals surface area contributed by atoms with Gasteiger partial charge in [-0.2, -0.15) is 0 Å². The second kappa shape index (κ2) is 10.5. The minimum absolute atomic E-state index is 0.0443. The van der Waals surface area contributed by atoms with Gasteiger partial charge in [0.25, 0.3) is 0 Å². The number of nitrogens with zero attached hydrogens (tertiary/aromatic N) is 1. The Kier molecular flexibility index (Phi) is 8.25. The molecule has 1 fully saturated rings. The first-order valence-corrected chi connectivity index (χ1v) is 15.8. The lowest BCUT2D eigenvalue weighted by molar-refractivity contribution is -0.00241. The third-order valence-electron chi connectivity index (χ3n) is 7.36. The van der Waals surface area contributed by atoms with Crippen molar-refractivity contribution >= 4 is 20.1 Å². The first-order chi connectivity index (χ1) is 16.6. The molecule has 36 heavy (non-hydrogen) atoms. The molecule has 1 aliphatic heterocycles. The number of benzene rings is 2. The first-order valence-electron chi connectivity index (χ1n) is 12.9. The van der Waals surface area contributed by atoms with Gasteiger partial charge >= 0.3 is 6.09 Å². The van der Waals surface area contributed by atoms with Gasteiger partial charge in [-0.15, -0.1) is 0 Å².